The van der Waals surface area contributed by atoms with E-state index in [1.54, 1.807) is 0 Å². The summed E-state index contributed by atoms with van der Waals surface area (Å²) in [6.07, 6.45) is 0. The van der Waals surface area contributed by atoms with Crippen molar-refractivity contribution in [2.75, 3.05) is 5.32 Å². The SMILES string of the molecule is Cc1nc(NC(C)c2nn[nH]n2)ccc1Br. The second-order valence-electron chi connectivity index (χ2n) is 3.40. The molecule has 6 nitrogen and oxygen atoms in total. The third kappa shape index (κ3) is 2.35. The number of hydrogen-bond donors (Lipinski definition) is 2. The number of anilines is 1. The fourth-order valence-electron chi connectivity index (χ4n) is 1.26. The van der Waals surface area contributed by atoms with Gasteiger partial charge in [0.15, 0.2) is 5.82 Å². The average Bonchev–Trinajstić information content (AvgIpc) is 2.77. The van der Waals surface area contributed by atoms with Gasteiger partial charge in [-0.15, -0.1) is 10.2 Å². The van der Waals surface area contributed by atoms with Crippen LogP contribution in [0.3, 0.4) is 0 Å². The van der Waals surface area contributed by atoms with Crippen molar-refractivity contribution in [3.63, 3.8) is 0 Å². The molecule has 0 aliphatic rings. The summed E-state index contributed by atoms with van der Waals surface area (Å²) in [4.78, 5) is 4.38. The highest BCUT2D eigenvalue weighted by Crippen LogP contribution is 2.19. The number of H-pyrrole nitrogens is 1. The third-order valence-corrected chi connectivity index (χ3v) is 2.97. The monoisotopic (exact) mass is 282 g/mol. The van der Waals surface area contributed by atoms with E-state index in [2.05, 4.69) is 46.9 Å². The fourth-order valence-corrected chi connectivity index (χ4v) is 1.48. The molecule has 0 saturated heterocycles. The molecular formula is C9H11BrN6. The van der Waals surface area contributed by atoms with Crippen LogP contribution in [0.4, 0.5) is 5.82 Å². The Bertz CT molecular complexity index is 469. The summed E-state index contributed by atoms with van der Waals surface area (Å²) in [7, 11) is 0. The Morgan fingerprint density at radius 3 is 2.88 bits per heavy atom. The van der Waals surface area contributed by atoms with Crippen LogP contribution >= 0.6 is 15.9 Å². The molecule has 1 atom stereocenters. The molecule has 2 N–H and O–H groups in total. The highest BCUT2D eigenvalue weighted by atomic mass is 79.9. The standard InChI is InChI=1S/C9H11BrN6/c1-5-7(10)3-4-8(11-5)12-6(2)9-13-15-16-14-9/h3-4,6H,1-2H3,(H,11,12)(H,13,14,15,16). The zero-order valence-electron chi connectivity index (χ0n) is 8.90. The largest absolute Gasteiger partial charge is 0.360 e. The van der Waals surface area contributed by atoms with E-state index in [1.165, 1.54) is 0 Å². The van der Waals surface area contributed by atoms with Gasteiger partial charge in [-0.25, -0.2) is 4.98 Å². The fraction of sp³-hybridized carbons (Fsp3) is 0.333. The van der Waals surface area contributed by atoms with Crippen molar-refractivity contribution >= 4 is 21.7 Å². The Hall–Kier alpha value is -1.50. The zero-order chi connectivity index (χ0) is 11.5. The second kappa shape index (κ2) is 4.56. The lowest BCUT2D eigenvalue weighted by molar-refractivity contribution is 0.787. The number of nitrogens with one attached hydrogen (secondary N) is 2. The lowest BCUT2D eigenvalue weighted by atomic mass is 10.3. The van der Waals surface area contributed by atoms with Gasteiger partial charge < -0.3 is 5.32 Å². The van der Waals surface area contributed by atoms with Crippen LogP contribution in [0.15, 0.2) is 16.6 Å². The van der Waals surface area contributed by atoms with Crippen molar-refractivity contribution in [3.8, 4) is 0 Å². The number of aromatic amines is 1. The van der Waals surface area contributed by atoms with E-state index in [1.807, 2.05) is 26.0 Å². The number of tetrazole rings is 1. The number of hydrogen-bond acceptors (Lipinski definition) is 5. The molecule has 84 valence electrons. The highest BCUT2D eigenvalue weighted by molar-refractivity contribution is 9.10. The van der Waals surface area contributed by atoms with Crippen molar-refractivity contribution in [3.05, 3.63) is 28.1 Å². The summed E-state index contributed by atoms with van der Waals surface area (Å²) >= 11 is 3.40. The summed E-state index contributed by atoms with van der Waals surface area (Å²) in [6, 6.07) is 3.81. The van der Waals surface area contributed by atoms with Crippen LogP contribution in [-0.4, -0.2) is 25.6 Å². The van der Waals surface area contributed by atoms with Gasteiger partial charge in [0.25, 0.3) is 0 Å². The van der Waals surface area contributed by atoms with E-state index in [4.69, 9.17) is 0 Å². The minimum atomic E-state index is -0.0353. The molecule has 0 aliphatic carbocycles. The third-order valence-electron chi connectivity index (χ3n) is 2.13. The molecule has 2 rings (SSSR count). The van der Waals surface area contributed by atoms with Gasteiger partial charge >= 0.3 is 0 Å². The van der Waals surface area contributed by atoms with E-state index in [0.29, 0.717) is 5.82 Å². The van der Waals surface area contributed by atoms with E-state index in [9.17, 15) is 0 Å². The van der Waals surface area contributed by atoms with Gasteiger partial charge in [0.1, 0.15) is 5.82 Å². The first kappa shape index (κ1) is 11.0. The van der Waals surface area contributed by atoms with Crippen molar-refractivity contribution in [1.29, 1.82) is 0 Å². The molecule has 0 aliphatic heterocycles. The van der Waals surface area contributed by atoms with Crippen LogP contribution in [-0.2, 0) is 0 Å². The molecule has 0 saturated carbocycles. The van der Waals surface area contributed by atoms with Crippen LogP contribution in [0.2, 0.25) is 0 Å². The molecule has 2 aromatic rings. The Morgan fingerprint density at radius 1 is 1.44 bits per heavy atom. The van der Waals surface area contributed by atoms with Crippen molar-refractivity contribution in [2.24, 2.45) is 0 Å². The minimum Gasteiger partial charge on any atom is -0.360 e. The average molecular weight is 283 g/mol. The second-order valence-corrected chi connectivity index (χ2v) is 4.25. The van der Waals surface area contributed by atoms with Crippen molar-refractivity contribution in [1.82, 2.24) is 25.6 Å². The molecule has 2 heterocycles. The van der Waals surface area contributed by atoms with Crippen LogP contribution in [0.25, 0.3) is 0 Å². The van der Waals surface area contributed by atoms with Crippen molar-refractivity contribution in [2.45, 2.75) is 19.9 Å². The number of aromatic nitrogens is 5. The van der Waals surface area contributed by atoms with Crippen LogP contribution in [0, 0.1) is 6.92 Å². The molecule has 0 aromatic carbocycles. The predicted molar refractivity (Wildman–Crippen MR) is 62.9 cm³/mol. The lowest BCUT2D eigenvalue weighted by Crippen LogP contribution is -2.10. The minimum absolute atomic E-state index is 0.0353. The highest BCUT2D eigenvalue weighted by Gasteiger charge is 2.10. The van der Waals surface area contributed by atoms with E-state index in [-0.39, 0.29) is 6.04 Å². The first-order valence-corrected chi connectivity index (χ1v) is 5.59. The topological polar surface area (TPSA) is 79.4 Å². The maximum Gasteiger partial charge on any atom is 0.196 e. The summed E-state index contributed by atoms with van der Waals surface area (Å²) in [5.74, 6) is 1.40. The van der Waals surface area contributed by atoms with Crippen LogP contribution in [0.5, 0.6) is 0 Å². The molecular weight excluding hydrogens is 272 g/mol. The van der Waals surface area contributed by atoms with Gasteiger partial charge in [0.2, 0.25) is 0 Å². The quantitative estimate of drug-likeness (QED) is 0.898. The molecule has 0 fully saturated rings. The summed E-state index contributed by atoms with van der Waals surface area (Å²) in [5, 5.41) is 16.9. The normalized spacial score (nSPS) is 12.4. The van der Waals surface area contributed by atoms with Crippen molar-refractivity contribution < 1.29 is 0 Å². The number of pyridine rings is 1. The number of rotatable bonds is 3. The summed E-state index contributed by atoms with van der Waals surface area (Å²) in [5.41, 5.74) is 0.935. The van der Waals surface area contributed by atoms with Gasteiger partial charge in [-0.1, -0.05) is 5.21 Å². The predicted octanol–water partition coefficient (Wildman–Crippen LogP) is 1.84. The van der Waals surface area contributed by atoms with Gasteiger partial charge in [-0.05, 0) is 41.9 Å². The van der Waals surface area contributed by atoms with Gasteiger partial charge in [0.05, 0.1) is 11.7 Å². The summed E-state index contributed by atoms with van der Waals surface area (Å²) < 4.78 is 0.991. The maximum atomic E-state index is 4.38. The Balaban J connectivity index is 2.12. The smallest absolute Gasteiger partial charge is 0.196 e. The molecule has 0 amide bonds. The van der Waals surface area contributed by atoms with Gasteiger partial charge in [0, 0.05) is 4.47 Å². The lowest BCUT2D eigenvalue weighted by Gasteiger charge is -2.11. The van der Waals surface area contributed by atoms with Gasteiger partial charge in [-0.2, -0.15) is 5.21 Å². The Labute approximate surface area is 101 Å². The van der Waals surface area contributed by atoms with E-state index in [0.717, 1.165) is 16.0 Å². The summed E-state index contributed by atoms with van der Waals surface area (Å²) in [6.45, 7) is 3.89. The first-order chi connectivity index (χ1) is 7.66. The Kier molecular flexibility index (Phi) is 3.14. The van der Waals surface area contributed by atoms with E-state index >= 15 is 0 Å². The molecule has 1 unspecified atom stereocenters. The molecule has 0 radical (unpaired) electrons. The maximum absolute atomic E-state index is 4.38. The number of halogens is 1. The number of aryl methyl sites for hydroxylation is 1. The molecule has 16 heavy (non-hydrogen) atoms. The number of nitrogens with zero attached hydrogens (tertiary/aromatic N) is 4. The first-order valence-electron chi connectivity index (χ1n) is 4.80. The zero-order valence-corrected chi connectivity index (χ0v) is 10.5. The molecule has 2 aromatic heterocycles. The molecule has 7 heteroatoms. The molecule has 0 spiro atoms. The van der Waals surface area contributed by atoms with E-state index < -0.39 is 0 Å². The molecule has 0 bridgehead atoms. The Morgan fingerprint density at radius 2 is 2.25 bits per heavy atom. The van der Waals surface area contributed by atoms with Crippen LogP contribution < -0.4 is 5.32 Å². The van der Waals surface area contributed by atoms with Gasteiger partial charge in [-0.3, -0.25) is 0 Å². The van der Waals surface area contributed by atoms with Crippen LogP contribution in [0.1, 0.15) is 24.5 Å².